The minimum absolute atomic E-state index is 0.364. The fourth-order valence-electron chi connectivity index (χ4n) is 2.42. The van der Waals surface area contributed by atoms with Crippen LogP contribution in [0.2, 0.25) is 5.02 Å². The van der Waals surface area contributed by atoms with Crippen LogP contribution in [-0.4, -0.2) is 9.97 Å². The van der Waals surface area contributed by atoms with Crippen molar-refractivity contribution in [3.05, 3.63) is 61.7 Å². The molecule has 6 heteroatoms. The molecule has 4 nitrogen and oxygen atoms in total. The number of thioether (sulfide) groups is 1. The molecule has 0 saturated heterocycles. The summed E-state index contributed by atoms with van der Waals surface area (Å²) in [6.07, 6.45) is 0. The second-order valence-electron chi connectivity index (χ2n) is 5.78. The second-order valence-corrected chi connectivity index (χ2v) is 7.13. The van der Waals surface area contributed by atoms with Crippen LogP contribution in [-0.2, 0) is 5.75 Å². The molecular weight excluding hydrogens is 344 g/mol. The number of hydrogen-bond acceptors (Lipinski definition) is 5. The maximum absolute atomic E-state index is 11.8. The number of rotatable bonds is 3. The van der Waals surface area contributed by atoms with E-state index in [0.29, 0.717) is 21.5 Å². The zero-order valence-electron chi connectivity index (χ0n) is 13.9. The molecule has 0 spiro atoms. The molecule has 2 aromatic heterocycles. The third-order valence-electron chi connectivity index (χ3n) is 4.08. The predicted octanol–water partition coefficient (Wildman–Crippen LogP) is 4.76. The molecule has 124 valence electrons. The Morgan fingerprint density at radius 1 is 1.08 bits per heavy atom. The largest absolute Gasteiger partial charge is 0.423 e. The summed E-state index contributed by atoms with van der Waals surface area (Å²) in [5, 5.41) is 2.20. The molecule has 2 heterocycles. The van der Waals surface area contributed by atoms with Crippen LogP contribution < -0.4 is 5.63 Å². The second kappa shape index (κ2) is 6.57. The van der Waals surface area contributed by atoms with Crippen LogP contribution in [0.25, 0.3) is 11.0 Å². The molecule has 1 aromatic carbocycles. The molecule has 0 aliphatic heterocycles. The van der Waals surface area contributed by atoms with E-state index in [0.717, 1.165) is 33.5 Å². The highest BCUT2D eigenvalue weighted by atomic mass is 35.5. The van der Waals surface area contributed by atoms with Crippen LogP contribution >= 0.6 is 23.4 Å². The number of benzene rings is 1. The van der Waals surface area contributed by atoms with Gasteiger partial charge in [0.2, 0.25) is 0 Å². The summed E-state index contributed by atoms with van der Waals surface area (Å²) in [4.78, 5) is 20.8. The molecule has 3 rings (SSSR count). The highest BCUT2D eigenvalue weighted by Crippen LogP contribution is 2.29. The first-order chi connectivity index (χ1) is 11.3. The summed E-state index contributed by atoms with van der Waals surface area (Å²) >= 11 is 7.72. The Morgan fingerprint density at radius 3 is 2.42 bits per heavy atom. The zero-order chi connectivity index (χ0) is 17.4. The lowest BCUT2D eigenvalue weighted by atomic mass is 10.1. The molecule has 0 atom stereocenters. The number of fused-ring (bicyclic) bond motifs is 1. The van der Waals surface area contributed by atoms with Crippen molar-refractivity contribution >= 4 is 34.3 Å². The lowest BCUT2D eigenvalue weighted by Crippen LogP contribution is -2.01. The lowest BCUT2D eigenvalue weighted by molar-refractivity contribution is 0.559. The monoisotopic (exact) mass is 360 g/mol. The predicted molar refractivity (Wildman–Crippen MR) is 98.0 cm³/mol. The van der Waals surface area contributed by atoms with E-state index >= 15 is 0 Å². The zero-order valence-corrected chi connectivity index (χ0v) is 15.5. The van der Waals surface area contributed by atoms with Gasteiger partial charge in [-0.05, 0) is 56.5 Å². The van der Waals surface area contributed by atoms with Crippen molar-refractivity contribution in [1.82, 2.24) is 9.97 Å². The summed E-state index contributed by atoms with van der Waals surface area (Å²) in [7, 11) is 0. The average Bonchev–Trinajstić information content (AvgIpc) is 2.52. The first kappa shape index (κ1) is 17.0. The van der Waals surface area contributed by atoms with Crippen LogP contribution in [0.15, 0.2) is 32.6 Å². The summed E-state index contributed by atoms with van der Waals surface area (Å²) in [5.74, 6) is 0.573. The van der Waals surface area contributed by atoms with Crippen LogP contribution in [0.5, 0.6) is 0 Å². The van der Waals surface area contributed by atoms with Crippen LogP contribution in [0, 0.1) is 27.7 Å². The number of halogens is 1. The van der Waals surface area contributed by atoms with Gasteiger partial charge in [-0.3, -0.25) is 0 Å². The summed E-state index contributed by atoms with van der Waals surface area (Å²) in [6, 6.07) is 5.15. The van der Waals surface area contributed by atoms with E-state index < -0.39 is 0 Å². The molecule has 0 bridgehead atoms. The quantitative estimate of drug-likeness (QED) is 0.383. The lowest BCUT2D eigenvalue weighted by Gasteiger charge is -2.09. The van der Waals surface area contributed by atoms with Gasteiger partial charge < -0.3 is 4.42 Å². The van der Waals surface area contributed by atoms with Gasteiger partial charge in [0.15, 0.2) is 5.16 Å². The summed E-state index contributed by atoms with van der Waals surface area (Å²) in [6.45, 7) is 7.85. The molecule has 0 aliphatic rings. The fourth-order valence-corrected chi connectivity index (χ4v) is 3.51. The van der Waals surface area contributed by atoms with Crippen molar-refractivity contribution in [3.63, 3.8) is 0 Å². The SMILES string of the molecule is Cc1cc2oc(=O)cc(CSc3nc(C)c(C)c(C)n3)c2cc1Cl. The van der Waals surface area contributed by atoms with E-state index in [1.807, 2.05) is 33.8 Å². The van der Waals surface area contributed by atoms with Crippen molar-refractivity contribution in [2.24, 2.45) is 0 Å². The Hall–Kier alpha value is -1.85. The third-order valence-corrected chi connectivity index (χ3v) is 5.38. The van der Waals surface area contributed by atoms with Crippen LogP contribution in [0.1, 0.15) is 28.1 Å². The standard InChI is InChI=1S/C18H17ClN2O2S/c1-9-5-16-14(7-15(9)19)13(6-17(22)23-16)8-24-18-20-11(3)10(2)12(4)21-18/h5-7H,8H2,1-4H3. The molecule has 0 radical (unpaired) electrons. The van der Waals surface area contributed by atoms with Crippen LogP contribution in [0.3, 0.4) is 0 Å². The van der Waals surface area contributed by atoms with Gasteiger partial charge in [0.05, 0.1) is 0 Å². The first-order valence-electron chi connectivity index (χ1n) is 7.52. The molecule has 0 aliphatic carbocycles. The molecule has 3 aromatic rings. The van der Waals surface area contributed by atoms with Gasteiger partial charge >= 0.3 is 5.63 Å². The van der Waals surface area contributed by atoms with Crippen molar-refractivity contribution in [3.8, 4) is 0 Å². The number of aromatic nitrogens is 2. The van der Waals surface area contributed by atoms with Gasteiger partial charge in [0.25, 0.3) is 0 Å². The van der Waals surface area contributed by atoms with Gasteiger partial charge in [-0.15, -0.1) is 0 Å². The van der Waals surface area contributed by atoms with E-state index in [9.17, 15) is 4.79 Å². The Kier molecular flexibility index (Phi) is 4.65. The molecule has 24 heavy (non-hydrogen) atoms. The van der Waals surface area contributed by atoms with E-state index in [2.05, 4.69) is 9.97 Å². The number of hydrogen-bond donors (Lipinski definition) is 0. The number of aryl methyl sites for hydroxylation is 3. The van der Waals surface area contributed by atoms with E-state index in [4.69, 9.17) is 16.0 Å². The summed E-state index contributed by atoms with van der Waals surface area (Å²) < 4.78 is 5.29. The Labute approximate surface area is 149 Å². The van der Waals surface area contributed by atoms with E-state index in [1.165, 1.54) is 17.8 Å². The Morgan fingerprint density at radius 2 is 1.75 bits per heavy atom. The Balaban J connectivity index is 1.98. The smallest absolute Gasteiger partial charge is 0.336 e. The van der Waals surface area contributed by atoms with Crippen molar-refractivity contribution in [2.45, 2.75) is 38.6 Å². The van der Waals surface area contributed by atoms with E-state index in [-0.39, 0.29) is 5.63 Å². The summed E-state index contributed by atoms with van der Waals surface area (Å²) in [5.41, 5.74) is 4.99. The van der Waals surface area contributed by atoms with Gasteiger partial charge in [-0.2, -0.15) is 0 Å². The highest BCUT2D eigenvalue weighted by molar-refractivity contribution is 7.98. The topological polar surface area (TPSA) is 56.0 Å². The molecular formula is C18H17ClN2O2S. The van der Waals surface area contributed by atoms with Gasteiger partial charge in [-0.25, -0.2) is 14.8 Å². The van der Waals surface area contributed by atoms with Gasteiger partial charge in [0.1, 0.15) is 5.58 Å². The third kappa shape index (κ3) is 3.32. The number of nitrogens with zero attached hydrogens (tertiary/aromatic N) is 2. The fraction of sp³-hybridized carbons (Fsp3) is 0.278. The first-order valence-corrected chi connectivity index (χ1v) is 8.89. The van der Waals surface area contributed by atoms with Crippen molar-refractivity contribution in [2.75, 3.05) is 0 Å². The average molecular weight is 361 g/mol. The molecule has 0 N–H and O–H groups in total. The van der Waals surface area contributed by atoms with Crippen molar-refractivity contribution in [1.29, 1.82) is 0 Å². The van der Waals surface area contributed by atoms with Gasteiger partial charge in [0, 0.05) is 33.6 Å². The van der Waals surface area contributed by atoms with Gasteiger partial charge in [-0.1, -0.05) is 23.4 Å². The molecule has 0 amide bonds. The van der Waals surface area contributed by atoms with Crippen LogP contribution in [0.4, 0.5) is 0 Å². The maximum atomic E-state index is 11.8. The minimum Gasteiger partial charge on any atom is -0.423 e. The Bertz CT molecular complexity index is 975. The normalized spacial score (nSPS) is 11.2. The van der Waals surface area contributed by atoms with E-state index in [1.54, 1.807) is 6.07 Å². The molecule has 0 saturated carbocycles. The van der Waals surface area contributed by atoms with Crippen molar-refractivity contribution < 1.29 is 4.42 Å². The molecule has 0 fully saturated rings. The maximum Gasteiger partial charge on any atom is 0.336 e. The molecule has 0 unspecified atom stereocenters. The minimum atomic E-state index is -0.364. The highest BCUT2D eigenvalue weighted by Gasteiger charge is 2.11.